The van der Waals surface area contributed by atoms with Crippen LogP contribution in [0.4, 0.5) is 13.2 Å². The van der Waals surface area contributed by atoms with Crippen molar-refractivity contribution >= 4 is 29.9 Å². The van der Waals surface area contributed by atoms with Crippen LogP contribution < -0.4 is 15.4 Å². The van der Waals surface area contributed by atoms with Gasteiger partial charge in [0.2, 0.25) is 5.88 Å². The predicted molar refractivity (Wildman–Crippen MR) is 114 cm³/mol. The summed E-state index contributed by atoms with van der Waals surface area (Å²) >= 11 is 0. The van der Waals surface area contributed by atoms with Gasteiger partial charge in [0.05, 0.1) is 19.7 Å². The first kappa shape index (κ1) is 24.7. The number of aliphatic imine (C=N–C) groups is 1. The minimum Gasteiger partial charge on any atom is -0.478 e. The molecule has 0 amide bonds. The monoisotopic (exact) mass is 515 g/mol. The van der Waals surface area contributed by atoms with Crippen molar-refractivity contribution in [1.82, 2.24) is 20.5 Å². The second-order valence-electron chi connectivity index (χ2n) is 6.53. The highest BCUT2D eigenvalue weighted by molar-refractivity contribution is 14.0. The summed E-state index contributed by atoms with van der Waals surface area (Å²) in [6, 6.07) is 3.67. The summed E-state index contributed by atoms with van der Waals surface area (Å²) in [6.07, 6.45) is -0.856. The fraction of sp³-hybridized carbons (Fsp3) is 0.667. The van der Waals surface area contributed by atoms with Gasteiger partial charge in [0.15, 0.2) is 5.96 Å². The van der Waals surface area contributed by atoms with E-state index in [1.165, 1.54) is 4.90 Å². The zero-order valence-corrected chi connectivity index (χ0v) is 18.6. The van der Waals surface area contributed by atoms with E-state index in [0.29, 0.717) is 51.0 Å². The number of guanidine groups is 1. The molecule has 0 bridgehead atoms. The van der Waals surface area contributed by atoms with Crippen LogP contribution in [0, 0.1) is 0 Å². The van der Waals surface area contributed by atoms with Gasteiger partial charge in [0.1, 0.15) is 0 Å². The molecule has 2 N–H and O–H groups in total. The number of rotatable bonds is 8. The molecule has 1 saturated heterocycles. The van der Waals surface area contributed by atoms with Gasteiger partial charge in [0, 0.05) is 37.9 Å². The molecule has 1 aliphatic heterocycles. The van der Waals surface area contributed by atoms with E-state index in [1.807, 2.05) is 26.0 Å². The highest BCUT2D eigenvalue weighted by atomic mass is 127. The molecule has 1 aromatic rings. The van der Waals surface area contributed by atoms with Gasteiger partial charge in [-0.05, 0) is 25.3 Å². The van der Waals surface area contributed by atoms with Gasteiger partial charge >= 0.3 is 6.18 Å². The lowest BCUT2D eigenvalue weighted by Gasteiger charge is -2.19. The maximum absolute atomic E-state index is 12.5. The molecule has 1 aliphatic rings. The Balaban J connectivity index is 0.00000392. The summed E-state index contributed by atoms with van der Waals surface area (Å²) in [6.45, 7) is 5.63. The number of nitrogens with one attached hydrogen (secondary N) is 2. The zero-order chi connectivity index (χ0) is 19.7. The molecule has 1 unspecified atom stereocenters. The molecule has 0 aliphatic carbocycles. The summed E-state index contributed by atoms with van der Waals surface area (Å²) in [5.74, 6) is 1.19. The zero-order valence-electron chi connectivity index (χ0n) is 16.3. The molecule has 0 spiro atoms. The summed E-state index contributed by atoms with van der Waals surface area (Å²) in [4.78, 5) is 10.2. The second-order valence-corrected chi connectivity index (χ2v) is 6.53. The van der Waals surface area contributed by atoms with E-state index < -0.39 is 12.7 Å². The first-order chi connectivity index (χ1) is 12.9. The largest absolute Gasteiger partial charge is 0.478 e. The van der Waals surface area contributed by atoms with Gasteiger partial charge in [0.25, 0.3) is 0 Å². The molecule has 2 rings (SSSR count). The number of likely N-dealkylation sites (tertiary alicyclic amines) is 1. The van der Waals surface area contributed by atoms with E-state index in [0.717, 1.165) is 12.0 Å². The Hall–Kier alpha value is -1.30. The maximum atomic E-state index is 12.5. The van der Waals surface area contributed by atoms with Crippen molar-refractivity contribution in [3.63, 3.8) is 0 Å². The van der Waals surface area contributed by atoms with Gasteiger partial charge in [-0.15, -0.1) is 24.0 Å². The van der Waals surface area contributed by atoms with Gasteiger partial charge in [-0.2, -0.15) is 13.2 Å². The Kier molecular flexibility index (Phi) is 10.9. The number of hydrogen-bond acceptors (Lipinski definition) is 4. The summed E-state index contributed by atoms with van der Waals surface area (Å²) in [5.41, 5.74) is 0.932. The van der Waals surface area contributed by atoms with Crippen molar-refractivity contribution in [3.8, 4) is 5.88 Å². The Morgan fingerprint density at radius 2 is 2.14 bits per heavy atom. The summed E-state index contributed by atoms with van der Waals surface area (Å²) < 4.78 is 43.0. The van der Waals surface area contributed by atoms with Crippen LogP contribution in [0.25, 0.3) is 0 Å². The molecule has 0 saturated carbocycles. The maximum Gasteiger partial charge on any atom is 0.401 e. The van der Waals surface area contributed by atoms with E-state index in [2.05, 4.69) is 20.6 Å². The Bertz CT molecular complexity index is 598. The fourth-order valence-corrected chi connectivity index (χ4v) is 2.83. The number of nitrogens with zero attached hydrogens (tertiary/aromatic N) is 3. The van der Waals surface area contributed by atoms with Crippen LogP contribution in [0.15, 0.2) is 23.3 Å². The lowest BCUT2D eigenvalue weighted by Crippen LogP contribution is -2.45. The Morgan fingerprint density at radius 3 is 2.75 bits per heavy atom. The molecule has 1 aromatic heterocycles. The van der Waals surface area contributed by atoms with E-state index in [-0.39, 0.29) is 30.0 Å². The summed E-state index contributed by atoms with van der Waals surface area (Å²) in [7, 11) is 0. The van der Waals surface area contributed by atoms with Crippen molar-refractivity contribution in [2.24, 2.45) is 4.99 Å². The standard InChI is InChI=1S/C18H28F3N5O.HI/c1-3-9-27-16-6-5-14(10-23-16)11-24-17(22-4-2)25-15-7-8-26(12-15)13-18(19,20)21;/h5-6,10,15H,3-4,7-9,11-13H2,1-2H3,(H2,22,24,25);1H. The van der Waals surface area contributed by atoms with Crippen LogP contribution in [0.2, 0.25) is 0 Å². The molecule has 28 heavy (non-hydrogen) atoms. The minimum atomic E-state index is -4.16. The normalized spacial score (nSPS) is 17.9. The van der Waals surface area contributed by atoms with Crippen LogP contribution >= 0.6 is 24.0 Å². The lowest BCUT2D eigenvalue weighted by atomic mass is 10.2. The topological polar surface area (TPSA) is 61.8 Å². The Morgan fingerprint density at radius 1 is 1.36 bits per heavy atom. The van der Waals surface area contributed by atoms with Crippen molar-refractivity contribution in [1.29, 1.82) is 0 Å². The van der Waals surface area contributed by atoms with Crippen LogP contribution in [0.5, 0.6) is 5.88 Å². The van der Waals surface area contributed by atoms with Gasteiger partial charge in [-0.1, -0.05) is 13.0 Å². The number of pyridine rings is 1. The van der Waals surface area contributed by atoms with E-state index in [9.17, 15) is 13.2 Å². The molecule has 2 heterocycles. The van der Waals surface area contributed by atoms with Crippen molar-refractivity contribution in [2.45, 2.75) is 45.5 Å². The molecule has 10 heteroatoms. The number of hydrogen-bond donors (Lipinski definition) is 2. The third-order valence-electron chi connectivity index (χ3n) is 4.03. The first-order valence-corrected chi connectivity index (χ1v) is 9.31. The number of alkyl halides is 3. The van der Waals surface area contributed by atoms with Crippen molar-refractivity contribution < 1.29 is 17.9 Å². The third kappa shape index (κ3) is 9.26. The molecular weight excluding hydrogens is 486 g/mol. The lowest BCUT2D eigenvalue weighted by molar-refractivity contribution is -0.143. The molecule has 1 fully saturated rings. The Labute approximate surface area is 181 Å². The number of aromatic nitrogens is 1. The van der Waals surface area contributed by atoms with E-state index >= 15 is 0 Å². The van der Waals surface area contributed by atoms with Crippen LogP contribution in [0.1, 0.15) is 32.3 Å². The highest BCUT2D eigenvalue weighted by Crippen LogP contribution is 2.20. The predicted octanol–water partition coefficient (Wildman–Crippen LogP) is 3.18. The van der Waals surface area contributed by atoms with Crippen LogP contribution in [-0.4, -0.2) is 60.8 Å². The van der Waals surface area contributed by atoms with Crippen molar-refractivity contribution in [2.75, 3.05) is 32.8 Å². The van der Waals surface area contributed by atoms with Gasteiger partial charge < -0.3 is 15.4 Å². The average Bonchev–Trinajstić information content (AvgIpc) is 3.04. The van der Waals surface area contributed by atoms with Crippen LogP contribution in [0.3, 0.4) is 0 Å². The number of ether oxygens (including phenoxy) is 1. The molecule has 0 aromatic carbocycles. The smallest absolute Gasteiger partial charge is 0.401 e. The van der Waals surface area contributed by atoms with Gasteiger partial charge in [-0.3, -0.25) is 4.90 Å². The quantitative estimate of drug-likeness (QED) is 0.317. The minimum absolute atomic E-state index is 0. The van der Waals surface area contributed by atoms with Crippen LogP contribution in [-0.2, 0) is 6.54 Å². The fourth-order valence-electron chi connectivity index (χ4n) is 2.83. The summed E-state index contributed by atoms with van der Waals surface area (Å²) in [5, 5.41) is 6.36. The SMILES string of the molecule is CCCOc1ccc(CN=C(NCC)NC2CCN(CC(F)(F)F)C2)cn1.I. The van der Waals surface area contributed by atoms with E-state index in [4.69, 9.17) is 4.74 Å². The molecule has 6 nitrogen and oxygen atoms in total. The number of halogens is 4. The first-order valence-electron chi connectivity index (χ1n) is 9.31. The average molecular weight is 515 g/mol. The molecule has 160 valence electrons. The third-order valence-corrected chi connectivity index (χ3v) is 4.03. The highest BCUT2D eigenvalue weighted by Gasteiger charge is 2.34. The van der Waals surface area contributed by atoms with Gasteiger partial charge in [-0.25, -0.2) is 9.98 Å². The van der Waals surface area contributed by atoms with Crippen molar-refractivity contribution in [3.05, 3.63) is 23.9 Å². The second kappa shape index (κ2) is 12.3. The molecular formula is C18H29F3IN5O. The molecule has 0 radical (unpaired) electrons. The molecule has 1 atom stereocenters. The van der Waals surface area contributed by atoms with E-state index in [1.54, 1.807) is 6.20 Å².